The molecule has 4 nitrogen and oxygen atoms in total. The molecule has 0 N–H and O–H groups in total. The van der Waals surface area contributed by atoms with Gasteiger partial charge >= 0.3 is 0 Å². The van der Waals surface area contributed by atoms with Gasteiger partial charge in [-0.3, -0.25) is 4.98 Å². The van der Waals surface area contributed by atoms with Crippen LogP contribution in [0.3, 0.4) is 0 Å². The summed E-state index contributed by atoms with van der Waals surface area (Å²) >= 11 is 0. The Morgan fingerprint density at radius 1 is 1.07 bits per heavy atom. The maximum absolute atomic E-state index is 13.5. The van der Waals surface area contributed by atoms with Crippen molar-refractivity contribution in [1.29, 1.82) is 0 Å². The summed E-state index contributed by atoms with van der Waals surface area (Å²) < 4.78 is 26.9. The van der Waals surface area contributed by atoms with Crippen LogP contribution in [0.2, 0.25) is 0 Å². The average molecular weight is 381 g/mol. The van der Waals surface area contributed by atoms with E-state index in [1.165, 1.54) is 12.6 Å². The highest BCUT2D eigenvalue weighted by atomic mass is 32.2. The molecule has 3 aromatic rings. The van der Waals surface area contributed by atoms with Crippen molar-refractivity contribution < 1.29 is 8.42 Å². The zero-order valence-electron chi connectivity index (χ0n) is 15.7. The van der Waals surface area contributed by atoms with Gasteiger partial charge in [0.2, 0.25) is 9.84 Å². The van der Waals surface area contributed by atoms with Crippen molar-refractivity contribution in [1.82, 2.24) is 4.98 Å². The number of fused-ring (bicyclic) bond motifs is 1. The standard InChI is InChI=1S/C22H24N2O2S/c1-16-9-11-18(12-10-16)27(25,26)21-14-23-20-8-4-3-7-19(20)22(21)24-13-5-6-17(2)15-24/h3-4,7-12,14,17H,5-6,13,15H2,1-2H3. The minimum absolute atomic E-state index is 0.305. The number of aryl methyl sites for hydroxylation is 1. The highest BCUT2D eigenvalue weighted by Crippen LogP contribution is 2.37. The first kappa shape index (κ1) is 18.0. The van der Waals surface area contributed by atoms with Gasteiger partial charge in [-0.1, -0.05) is 42.8 Å². The van der Waals surface area contributed by atoms with Crippen molar-refractivity contribution >= 4 is 26.4 Å². The van der Waals surface area contributed by atoms with E-state index in [0.717, 1.165) is 41.7 Å². The quantitative estimate of drug-likeness (QED) is 0.666. The molecule has 5 heteroatoms. The van der Waals surface area contributed by atoms with E-state index in [-0.39, 0.29) is 0 Å². The molecule has 0 bridgehead atoms. The normalized spacial score (nSPS) is 18.0. The van der Waals surface area contributed by atoms with Gasteiger partial charge in [0.15, 0.2) is 0 Å². The number of para-hydroxylation sites is 1. The first-order valence-electron chi connectivity index (χ1n) is 9.41. The number of nitrogens with zero attached hydrogens (tertiary/aromatic N) is 2. The van der Waals surface area contributed by atoms with E-state index in [1.807, 2.05) is 43.3 Å². The van der Waals surface area contributed by atoms with Crippen LogP contribution in [-0.4, -0.2) is 26.5 Å². The number of aromatic nitrogens is 1. The third kappa shape index (κ3) is 3.32. The lowest BCUT2D eigenvalue weighted by atomic mass is 9.99. The molecule has 1 unspecified atom stereocenters. The molecule has 1 aliphatic rings. The second-order valence-corrected chi connectivity index (χ2v) is 9.42. The molecule has 0 aliphatic carbocycles. The Labute approximate surface area is 160 Å². The highest BCUT2D eigenvalue weighted by molar-refractivity contribution is 7.91. The van der Waals surface area contributed by atoms with Gasteiger partial charge in [0.05, 0.1) is 16.1 Å². The molecule has 1 saturated heterocycles. The van der Waals surface area contributed by atoms with Crippen molar-refractivity contribution in [3.05, 3.63) is 60.3 Å². The molecule has 0 saturated carbocycles. The van der Waals surface area contributed by atoms with Gasteiger partial charge in [0.1, 0.15) is 4.90 Å². The molecule has 0 radical (unpaired) electrons. The van der Waals surface area contributed by atoms with Crippen LogP contribution in [0.1, 0.15) is 25.3 Å². The number of hydrogen-bond donors (Lipinski definition) is 0. The molecule has 1 atom stereocenters. The predicted octanol–water partition coefficient (Wildman–Crippen LogP) is 4.61. The minimum atomic E-state index is -3.65. The Bertz CT molecular complexity index is 1080. The maximum atomic E-state index is 13.5. The maximum Gasteiger partial charge on any atom is 0.210 e. The summed E-state index contributed by atoms with van der Waals surface area (Å²) in [5.41, 5.74) is 2.66. The van der Waals surface area contributed by atoms with E-state index in [1.54, 1.807) is 12.1 Å². The van der Waals surface area contributed by atoms with Crippen molar-refractivity contribution in [3.63, 3.8) is 0 Å². The van der Waals surface area contributed by atoms with Gasteiger partial charge in [0, 0.05) is 24.7 Å². The van der Waals surface area contributed by atoms with Gasteiger partial charge in [0.25, 0.3) is 0 Å². The topological polar surface area (TPSA) is 50.3 Å². The zero-order chi connectivity index (χ0) is 19.0. The summed E-state index contributed by atoms with van der Waals surface area (Å²) in [5.74, 6) is 0.542. The monoisotopic (exact) mass is 380 g/mol. The summed E-state index contributed by atoms with van der Waals surface area (Å²) in [6, 6.07) is 14.8. The predicted molar refractivity (Wildman–Crippen MR) is 109 cm³/mol. The number of hydrogen-bond acceptors (Lipinski definition) is 4. The van der Waals surface area contributed by atoms with Crippen molar-refractivity contribution in [2.75, 3.05) is 18.0 Å². The minimum Gasteiger partial charge on any atom is -0.370 e. The SMILES string of the molecule is Cc1ccc(S(=O)(=O)c2cnc3ccccc3c2N2CCCC(C)C2)cc1. The highest BCUT2D eigenvalue weighted by Gasteiger charge is 2.28. The fourth-order valence-corrected chi connectivity index (χ4v) is 5.30. The van der Waals surface area contributed by atoms with Gasteiger partial charge in [-0.15, -0.1) is 0 Å². The fraction of sp³-hybridized carbons (Fsp3) is 0.318. The van der Waals surface area contributed by atoms with E-state index < -0.39 is 9.84 Å². The smallest absolute Gasteiger partial charge is 0.210 e. The summed E-state index contributed by atoms with van der Waals surface area (Å²) in [5, 5.41) is 0.903. The fourth-order valence-electron chi connectivity index (χ4n) is 3.87. The molecule has 1 fully saturated rings. The second-order valence-electron chi connectivity index (χ2n) is 7.50. The zero-order valence-corrected chi connectivity index (χ0v) is 16.5. The molecule has 0 amide bonds. The van der Waals surface area contributed by atoms with E-state index >= 15 is 0 Å². The average Bonchev–Trinajstić information content (AvgIpc) is 2.67. The Kier molecular flexibility index (Phi) is 4.64. The van der Waals surface area contributed by atoms with Crippen LogP contribution in [0.5, 0.6) is 0 Å². The summed E-state index contributed by atoms with van der Waals surface area (Å²) in [6.45, 7) is 5.91. The van der Waals surface area contributed by atoms with Crippen LogP contribution >= 0.6 is 0 Å². The van der Waals surface area contributed by atoms with E-state index in [0.29, 0.717) is 15.7 Å². The van der Waals surface area contributed by atoms with Gasteiger partial charge in [-0.2, -0.15) is 0 Å². The summed E-state index contributed by atoms with van der Waals surface area (Å²) in [7, 11) is -3.65. The molecular weight excluding hydrogens is 356 g/mol. The number of piperidine rings is 1. The number of pyridine rings is 1. The van der Waals surface area contributed by atoms with Crippen LogP contribution < -0.4 is 4.90 Å². The molecule has 2 aromatic carbocycles. The lowest BCUT2D eigenvalue weighted by molar-refractivity contribution is 0.446. The second kappa shape index (κ2) is 6.97. The van der Waals surface area contributed by atoms with Crippen molar-refractivity contribution in [2.45, 2.75) is 36.5 Å². The largest absolute Gasteiger partial charge is 0.370 e. The molecule has 1 aliphatic heterocycles. The Morgan fingerprint density at radius 3 is 2.56 bits per heavy atom. The van der Waals surface area contributed by atoms with Crippen LogP contribution in [0.25, 0.3) is 10.9 Å². The lowest BCUT2D eigenvalue weighted by Crippen LogP contribution is -2.35. The van der Waals surface area contributed by atoms with Crippen LogP contribution in [0.4, 0.5) is 5.69 Å². The Hall–Kier alpha value is -2.40. The van der Waals surface area contributed by atoms with Gasteiger partial charge < -0.3 is 4.90 Å². The van der Waals surface area contributed by atoms with E-state index in [2.05, 4.69) is 16.8 Å². The molecule has 1 aromatic heterocycles. The first-order valence-corrected chi connectivity index (χ1v) is 10.9. The first-order chi connectivity index (χ1) is 13.0. The van der Waals surface area contributed by atoms with Crippen LogP contribution in [-0.2, 0) is 9.84 Å². The summed E-state index contributed by atoms with van der Waals surface area (Å²) in [4.78, 5) is 7.32. The Morgan fingerprint density at radius 2 is 1.81 bits per heavy atom. The van der Waals surface area contributed by atoms with E-state index in [9.17, 15) is 8.42 Å². The van der Waals surface area contributed by atoms with E-state index in [4.69, 9.17) is 0 Å². The van der Waals surface area contributed by atoms with Crippen molar-refractivity contribution in [3.8, 4) is 0 Å². The molecule has 140 valence electrons. The number of benzene rings is 2. The molecule has 4 rings (SSSR count). The number of sulfone groups is 1. The van der Waals surface area contributed by atoms with Gasteiger partial charge in [-0.05, 0) is 43.9 Å². The van der Waals surface area contributed by atoms with Gasteiger partial charge in [-0.25, -0.2) is 8.42 Å². The van der Waals surface area contributed by atoms with Crippen LogP contribution in [0, 0.1) is 12.8 Å². The molecule has 2 heterocycles. The molecular formula is C22H24N2O2S. The van der Waals surface area contributed by atoms with Crippen molar-refractivity contribution in [2.24, 2.45) is 5.92 Å². The molecule has 27 heavy (non-hydrogen) atoms. The summed E-state index contributed by atoms with van der Waals surface area (Å²) in [6.07, 6.45) is 3.79. The van der Waals surface area contributed by atoms with Crippen LogP contribution in [0.15, 0.2) is 64.5 Å². The number of rotatable bonds is 3. The number of anilines is 1. The third-order valence-corrected chi connectivity index (χ3v) is 7.08. The molecule has 0 spiro atoms. The third-order valence-electron chi connectivity index (χ3n) is 5.31. The lowest BCUT2D eigenvalue weighted by Gasteiger charge is -2.34. The Balaban J connectivity index is 1.95.